The highest BCUT2D eigenvalue weighted by Crippen LogP contribution is 2.17. The van der Waals surface area contributed by atoms with Crippen LogP contribution < -0.4 is 0 Å². The number of rotatable bonds is 14. The molecule has 1 heterocycles. The molecule has 4 heteroatoms. The summed E-state index contributed by atoms with van der Waals surface area (Å²) >= 11 is 0. The van der Waals surface area contributed by atoms with Crippen LogP contribution in [-0.4, -0.2) is 29.4 Å². The molecule has 0 N–H and O–H groups in total. The number of hydrogen-bond donors (Lipinski definition) is 0. The molecule has 0 aliphatic heterocycles. The minimum Gasteiger partial charge on any atom is -0.378 e. The highest BCUT2D eigenvalue weighted by atomic mass is 19.1. The first-order chi connectivity index (χ1) is 13.7. The van der Waals surface area contributed by atoms with Gasteiger partial charge in [-0.25, -0.2) is 14.4 Å². The maximum absolute atomic E-state index is 13.0. The Morgan fingerprint density at radius 3 is 2.21 bits per heavy atom. The molecule has 28 heavy (non-hydrogen) atoms. The SMILES string of the molecule is CCCCc1cnc(-c2ccc(CCCCCCOCC(F)CC)cc2)nc1. The first-order valence-electron chi connectivity index (χ1n) is 10.8. The minimum absolute atomic E-state index is 0.244. The molecule has 0 spiro atoms. The number of benzene rings is 1. The molecule has 0 bridgehead atoms. The zero-order valence-corrected chi connectivity index (χ0v) is 17.5. The second-order valence-electron chi connectivity index (χ2n) is 7.46. The summed E-state index contributed by atoms with van der Waals surface area (Å²) in [6, 6.07) is 8.59. The normalized spacial score (nSPS) is 12.2. The summed E-state index contributed by atoms with van der Waals surface area (Å²) in [5, 5.41) is 0. The van der Waals surface area contributed by atoms with E-state index in [4.69, 9.17) is 4.74 Å². The molecule has 1 aromatic heterocycles. The predicted octanol–water partition coefficient (Wildman–Crippen LogP) is 6.35. The van der Waals surface area contributed by atoms with E-state index in [1.165, 1.54) is 36.8 Å². The molecule has 1 unspecified atom stereocenters. The maximum Gasteiger partial charge on any atom is 0.159 e. The number of ether oxygens (including phenoxy) is 1. The van der Waals surface area contributed by atoms with Crippen LogP contribution in [0.4, 0.5) is 4.39 Å². The van der Waals surface area contributed by atoms with Gasteiger partial charge in [-0.3, -0.25) is 0 Å². The van der Waals surface area contributed by atoms with Gasteiger partial charge in [-0.2, -0.15) is 0 Å². The smallest absolute Gasteiger partial charge is 0.159 e. The van der Waals surface area contributed by atoms with Crippen molar-refractivity contribution in [2.24, 2.45) is 0 Å². The van der Waals surface area contributed by atoms with Crippen molar-refractivity contribution in [3.8, 4) is 11.4 Å². The topological polar surface area (TPSA) is 35.0 Å². The lowest BCUT2D eigenvalue weighted by atomic mass is 10.0. The van der Waals surface area contributed by atoms with E-state index in [0.29, 0.717) is 13.0 Å². The van der Waals surface area contributed by atoms with E-state index < -0.39 is 6.17 Å². The molecule has 0 aliphatic carbocycles. The lowest BCUT2D eigenvalue weighted by Gasteiger charge is -2.07. The fourth-order valence-corrected chi connectivity index (χ4v) is 3.05. The molecule has 0 amide bonds. The molecule has 1 aromatic carbocycles. The number of nitrogens with zero attached hydrogens (tertiary/aromatic N) is 2. The molecule has 3 nitrogen and oxygen atoms in total. The molecule has 154 valence electrons. The third-order valence-electron chi connectivity index (χ3n) is 4.98. The number of halogens is 1. The predicted molar refractivity (Wildman–Crippen MR) is 114 cm³/mol. The van der Waals surface area contributed by atoms with E-state index in [1.54, 1.807) is 0 Å². The summed E-state index contributed by atoms with van der Waals surface area (Å²) in [6.07, 6.45) is 12.6. The van der Waals surface area contributed by atoms with E-state index >= 15 is 0 Å². The van der Waals surface area contributed by atoms with Gasteiger partial charge in [0.1, 0.15) is 6.17 Å². The number of hydrogen-bond acceptors (Lipinski definition) is 3. The van der Waals surface area contributed by atoms with E-state index in [0.717, 1.165) is 37.1 Å². The van der Waals surface area contributed by atoms with E-state index in [-0.39, 0.29) is 6.61 Å². The first-order valence-corrected chi connectivity index (χ1v) is 10.8. The van der Waals surface area contributed by atoms with Crippen molar-refractivity contribution in [1.29, 1.82) is 0 Å². The van der Waals surface area contributed by atoms with Crippen LogP contribution in [0.3, 0.4) is 0 Å². The van der Waals surface area contributed by atoms with Crippen molar-refractivity contribution >= 4 is 0 Å². The standard InChI is InChI=1S/C24H35FN2O/c1-3-5-10-21-17-26-24(27-18-21)22-14-12-20(13-15-22)11-8-6-7-9-16-28-19-23(25)4-2/h12-15,17-18,23H,3-11,16,19H2,1-2H3. The van der Waals surface area contributed by atoms with E-state index in [9.17, 15) is 4.39 Å². The molecule has 0 radical (unpaired) electrons. The Bertz CT molecular complexity index is 643. The van der Waals surface area contributed by atoms with Gasteiger partial charge in [-0.1, -0.05) is 57.4 Å². The quantitative estimate of drug-likeness (QED) is 0.355. The Morgan fingerprint density at radius 2 is 1.54 bits per heavy atom. The van der Waals surface area contributed by atoms with Crippen molar-refractivity contribution in [2.45, 2.75) is 77.8 Å². The molecule has 0 saturated heterocycles. The second-order valence-corrected chi connectivity index (χ2v) is 7.46. The van der Waals surface area contributed by atoms with Gasteiger partial charge >= 0.3 is 0 Å². The van der Waals surface area contributed by atoms with Crippen molar-refractivity contribution < 1.29 is 9.13 Å². The minimum atomic E-state index is -0.813. The van der Waals surface area contributed by atoms with Gasteiger partial charge in [0.15, 0.2) is 5.82 Å². The molecule has 0 saturated carbocycles. The summed E-state index contributed by atoms with van der Waals surface area (Å²) in [4.78, 5) is 9.02. The van der Waals surface area contributed by atoms with Crippen LogP contribution in [0.5, 0.6) is 0 Å². The fraction of sp³-hybridized carbons (Fsp3) is 0.583. The second kappa shape index (κ2) is 13.4. The van der Waals surface area contributed by atoms with Crippen molar-refractivity contribution in [3.05, 3.63) is 47.8 Å². The van der Waals surface area contributed by atoms with Gasteiger partial charge in [0.05, 0.1) is 6.61 Å². The largest absolute Gasteiger partial charge is 0.378 e. The molecular formula is C24H35FN2O. The average Bonchev–Trinajstić information content (AvgIpc) is 2.74. The van der Waals surface area contributed by atoms with Crippen molar-refractivity contribution in [2.75, 3.05) is 13.2 Å². The highest BCUT2D eigenvalue weighted by Gasteiger charge is 2.03. The third kappa shape index (κ3) is 8.47. The van der Waals surface area contributed by atoms with E-state index in [1.807, 2.05) is 19.3 Å². The molecule has 0 aliphatic rings. The van der Waals surface area contributed by atoms with Gasteiger partial charge in [0, 0.05) is 24.6 Å². The number of unbranched alkanes of at least 4 members (excludes halogenated alkanes) is 4. The number of aryl methyl sites for hydroxylation is 2. The summed E-state index contributed by atoms with van der Waals surface area (Å²) in [6.45, 7) is 4.96. The molecule has 2 aromatic rings. The molecule has 2 rings (SSSR count). The highest BCUT2D eigenvalue weighted by molar-refractivity contribution is 5.55. The van der Waals surface area contributed by atoms with Crippen molar-refractivity contribution in [3.63, 3.8) is 0 Å². The van der Waals surface area contributed by atoms with Crippen LogP contribution in [0.15, 0.2) is 36.7 Å². The Labute approximate surface area is 169 Å². The summed E-state index contributed by atoms with van der Waals surface area (Å²) in [5.74, 6) is 0.797. The van der Waals surface area contributed by atoms with Crippen LogP contribution in [0, 0.1) is 0 Å². The maximum atomic E-state index is 13.0. The van der Waals surface area contributed by atoms with Gasteiger partial charge in [0.2, 0.25) is 0 Å². The Hall–Kier alpha value is -1.81. The zero-order valence-electron chi connectivity index (χ0n) is 17.5. The number of aromatic nitrogens is 2. The van der Waals surface area contributed by atoms with Crippen LogP contribution in [-0.2, 0) is 17.6 Å². The van der Waals surface area contributed by atoms with Gasteiger partial charge < -0.3 is 4.74 Å². The fourth-order valence-electron chi connectivity index (χ4n) is 3.05. The lowest BCUT2D eigenvalue weighted by molar-refractivity contribution is 0.0765. The van der Waals surface area contributed by atoms with E-state index in [2.05, 4.69) is 41.2 Å². The van der Waals surface area contributed by atoms with Crippen molar-refractivity contribution in [1.82, 2.24) is 9.97 Å². The van der Waals surface area contributed by atoms with Gasteiger partial charge in [-0.05, 0) is 49.7 Å². The first kappa shape index (κ1) is 22.5. The summed E-state index contributed by atoms with van der Waals surface area (Å²) in [5.41, 5.74) is 3.63. The monoisotopic (exact) mass is 386 g/mol. The Balaban J connectivity index is 1.64. The average molecular weight is 387 g/mol. The van der Waals surface area contributed by atoms with Crippen LogP contribution in [0.2, 0.25) is 0 Å². The van der Waals surface area contributed by atoms with Gasteiger partial charge in [-0.15, -0.1) is 0 Å². The Morgan fingerprint density at radius 1 is 0.857 bits per heavy atom. The van der Waals surface area contributed by atoms with Crippen LogP contribution in [0.25, 0.3) is 11.4 Å². The summed E-state index contributed by atoms with van der Waals surface area (Å²) in [7, 11) is 0. The van der Waals surface area contributed by atoms with Crippen LogP contribution >= 0.6 is 0 Å². The summed E-state index contributed by atoms with van der Waals surface area (Å²) < 4.78 is 18.4. The lowest BCUT2D eigenvalue weighted by Crippen LogP contribution is -2.09. The third-order valence-corrected chi connectivity index (χ3v) is 4.98. The Kier molecular flexibility index (Phi) is 10.7. The molecule has 1 atom stereocenters. The van der Waals surface area contributed by atoms with Gasteiger partial charge in [0.25, 0.3) is 0 Å². The molecule has 0 fully saturated rings. The zero-order chi connectivity index (χ0) is 20.0. The molecular weight excluding hydrogens is 351 g/mol. The number of alkyl halides is 1. The van der Waals surface area contributed by atoms with Crippen LogP contribution in [0.1, 0.15) is 69.9 Å².